The molecule has 0 aliphatic carbocycles. The van der Waals surface area contributed by atoms with Gasteiger partial charge in [-0.2, -0.15) is 13.2 Å². The highest BCUT2D eigenvalue weighted by molar-refractivity contribution is 5.96. The number of nitrogens with zero attached hydrogens (tertiary/aromatic N) is 2. The molecular formula is C21H19F5N2O3. The second kappa shape index (κ2) is 9.42. The van der Waals surface area contributed by atoms with E-state index in [4.69, 9.17) is 0 Å². The number of hydrogen-bond donors (Lipinski definition) is 0. The number of rotatable bonds is 5. The van der Waals surface area contributed by atoms with Crippen molar-refractivity contribution in [2.24, 2.45) is 0 Å². The Morgan fingerprint density at radius 1 is 0.806 bits per heavy atom. The molecule has 2 aromatic rings. The van der Waals surface area contributed by atoms with Crippen molar-refractivity contribution in [2.75, 3.05) is 32.8 Å². The molecule has 3 rings (SSSR count). The van der Waals surface area contributed by atoms with E-state index < -0.39 is 30.3 Å². The zero-order valence-corrected chi connectivity index (χ0v) is 16.3. The second-order valence-electron chi connectivity index (χ2n) is 7.02. The van der Waals surface area contributed by atoms with E-state index >= 15 is 0 Å². The van der Waals surface area contributed by atoms with Gasteiger partial charge < -0.3 is 14.5 Å². The van der Waals surface area contributed by atoms with Gasteiger partial charge >= 0.3 is 6.18 Å². The first kappa shape index (κ1) is 22.7. The number of amides is 2. The van der Waals surface area contributed by atoms with E-state index in [0.717, 1.165) is 12.1 Å². The van der Waals surface area contributed by atoms with Crippen LogP contribution in [0.2, 0.25) is 0 Å². The van der Waals surface area contributed by atoms with Crippen molar-refractivity contribution in [3.05, 3.63) is 70.8 Å². The molecule has 2 amide bonds. The zero-order valence-electron chi connectivity index (χ0n) is 16.3. The Bertz CT molecular complexity index is 939. The Morgan fingerprint density at radius 2 is 1.32 bits per heavy atom. The minimum Gasteiger partial charge on any atom is -0.367 e. The number of hydrogen-bond acceptors (Lipinski definition) is 3. The SMILES string of the molecule is O=C(c1ccc(COCC(F)(F)F)cc1)N1CCN(C(=O)c2ccc(F)c(F)c2)CC1. The Balaban J connectivity index is 1.52. The molecule has 0 saturated carbocycles. The molecule has 0 atom stereocenters. The third kappa shape index (κ3) is 6.00. The van der Waals surface area contributed by atoms with Crippen molar-refractivity contribution in [3.8, 4) is 0 Å². The van der Waals surface area contributed by atoms with Gasteiger partial charge in [-0.05, 0) is 35.9 Å². The van der Waals surface area contributed by atoms with Crippen LogP contribution >= 0.6 is 0 Å². The van der Waals surface area contributed by atoms with Crippen molar-refractivity contribution in [3.63, 3.8) is 0 Å². The number of piperazine rings is 1. The first-order valence-electron chi connectivity index (χ1n) is 9.41. The maximum Gasteiger partial charge on any atom is 0.411 e. The van der Waals surface area contributed by atoms with Crippen molar-refractivity contribution in [2.45, 2.75) is 12.8 Å². The van der Waals surface area contributed by atoms with Crippen LogP contribution < -0.4 is 0 Å². The molecule has 1 heterocycles. The number of alkyl halides is 3. The van der Waals surface area contributed by atoms with Gasteiger partial charge in [-0.15, -0.1) is 0 Å². The summed E-state index contributed by atoms with van der Waals surface area (Å²) in [5, 5.41) is 0. The normalized spacial score (nSPS) is 14.6. The molecule has 1 aliphatic heterocycles. The van der Waals surface area contributed by atoms with Crippen molar-refractivity contribution < 1.29 is 36.3 Å². The second-order valence-corrected chi connectivity index (χ2v) is 7.02. The van der Waals surface area contributed by atoms with Crippen LogP contribution in [0, 0.1) is 11.6 Å². The lowest BCUT2D eigenvalue weighted by atomic mass is 10.1. The van der Waals surface area contributed by atoms with Gasteiger partial charge in [-0.25, -0.2) is 8.78 Å². The first-order valence-corrected chi connectivity index (χ1v) is 9.41. The maximum absolute atomic E-state index is 13.4. The lowest BCUT2D eigenvalue weighted by Gasteiger charge is -2.35. The van der Waals surface area contributed by atoms with E-state index in [1.165, 1.54) is 35.2 Å². The average molecular weight is 442 g/mol. The third-order valence-electron chi connectivity index (χ3n) is 4.76. The number of halogens is 5. The van der Waals surface area contributed by atoms with Crippen molar-refractivity contribution in [1.29, 1.82) is 0 Å². The molecule has 166 valence electrons. The quantitative estimate of drug-likeness (QED) is 0.665. The van der Waals surface area contributed by atoms with Gasteiger partial charge in [0, 0.05) is 37.3 Å². The van der Waals surface area contributed by atoms with Crippen molar-refractivity contribution in [1.82, 2.24) is 9.80 Å². The molecule has 0 bridgehead atoms. The van der Waals surface area contributed by atoms with E-state index in [1.807, 2.05) is 0 Å². The predicted octanol–water partition coefficient (Wildman–Crippen LogP) is 3.64. The highest BCUT2D eigenvalue weighted by Crippen LogP contribution is 2.17. The Kier molecular flexibility index (Phi) is 6.89. The third-order valence-corrected chi connectivity index (χ3v) is 4.76. The highest BCUT2D eigenvalue weighted by Gasteiger charge is 2.28. The fourth-order valence-electron chi connectivity index (χ4n) is 3.14. The van der Waals surface area contributed by atoms with Crippen LogP contribution in [0.3, 0.4) is 0 Å². The summed E-state index contributed by atoms with van der Waals surface area (Å²) >= 11 is 0. The summed E-state index contributed by atoms with van der Waals surface area (Å²) in [6.45, 7) is -0.602. The van der Waals surface area contributed by atoms with E-state index in [9.17, 15) is 31.5 Å². The molecule has 0 spiro atoms. The minimum absolute atomic E-state index is 0.0296. The molecule has 5 nitrogen and oxygen atoms in total. The van der Waals surface area contributed by atoms with Gasteiger partial charge in [0.2, 0.25) is 0 Å². The van der Waals surface area contributed by atoms with Crippen LogP contribution in [0.25, 0.3) is 0 Å². The standard InChI is InChI=1S/C21H19F5N2O3/c22-17-6-5-16(11-18(17)23)20(30)28-9-7-27(8-10-28)19(29)15-3-1-14(2-4-15)12-31-13-21(24,25)26/h1-6,11H,7-10,12-13H2. The van der Waals surface area contributed by atoms with E-state index in [-0.39, 0.29) is 44.3 Å². The van der Waals surface area contributed by atoms with E-state index in [2.05, 4.69) is 4.74 Å². The lowest BCUT2D eigenvalue weighted by Crippen LogP contribution is -2.50. The molecule has 0 aromatic heterocycles. The number of carbonyl (C=O) groups excluding carboxylic acids is 2. The molecule has 1 aliphatic rings. The summed E-state index contributed by atoms with van der Waals surface area (Å²) < 4.78 is 67.3. The Labute approximate surface area is 175 Å². The molecule has 0 unspecified atom stereocenters. The van der Waals surface area contributed by atoms with Gasteiger partial charge in [-0.1, -0.05) is 12.1 Å². The van der Waals surface area contributed by atoms with Crippen molar-refractivity contribution >= 4 is 11.8 Å². The lowest BCUT2D eigenvalue weighted by molar-refractivity contribution is -0.176. The van der Waals surface area contributed by atoms with E-state index in [0.29, 0.717) is 11.1 Å². The molecule has 31 heavy (non-hydrogen) atoms. The summed E-state index contributed by atoms with van der Waals surface area (Å²) in [5.74, 6) is -2.87. The van der Waals surface area contributed by atoms with Crippen LogP contribution in [-0.2, 0) is 11.3 Å². The predicted molar refractivity (Wildman–Crippen MR) is 100 cm³/mol. The molecule has 10 heteroatoms. The number of ether oxygens (including phenoxy) is 1. The fourth-order valence-corrected chi connectivity index (χ4v) is 3.14. The van der Waals surface area contributed by atoms with E-state index in [1.54, 1.807) is 4.90 Å². The van der Waals surface area contributed by atoms with Crippen LogP contribution in [0.4, 0.5) is 22.0 Å². The summed E-state index contributed by atoms with van der Waals surface area (Å²) in [4.78, 5) is 28.1. The smallest absolute Gasteiger partial charge is 0.367 e. The molecule has 0 N–H and O–H groups in total. The summed E-state index contributed by atoms with van der Waals surface area (Å²) in [6.07, 6.45) is -4.40. The first-order chi connectivity index (χ1) is 14.6. The fraction of sp³-hybridized carbons (Fsp3) is 0.333. The summed E-state index contributed by atoms with van der Waals surface area (Å²) in [6, 6.07) is 8.99. The highest BCUT2D eigenvalue weighted by atomic mass is 19.4. The van der Waals surface area contributed by atoms with Gasteiger partial charge in [0.25, 0.3) is 11.8 Å². The molecule has 1 saturated heterocycles. The van der Waals surface area contributed by atoms with Gasteiger partial charge in [0.1, 0.15) is 6.61 Å². The minimum atomic E-state index is -4.40. The Hall–Kier alpha value is -3.01. The molecule has 0 radical (unpaired) electrons. The monoisotopic (exact) mass is 442 g/mol. The number of carbonyl (C=O) groups is 2. The maximum atomic E-state index is 13.4. The van der Waals surface area contributed by atoms with Gasteiger partial charge in [0.05, 0.1) is 6.61 Å². The average Bonchev–Trinajstić information content (AvgIpc) is 2.74. The number of benzene rings is 2. The summed E-state index contributed by atoms with van der Waals surface area (Å²) in [5.41, 5.74) is 0.893. The molecule has 1 fully saturated rings. The Morgan fingerprint density at radius 3 is 1.84 bits per heavy atom. The zero-order chi connectivity index (χ0) is 22.6. The summed E-state index contributed by atoms with van der Waals surface area (Å²) in [7, 11) is 0. The van der Waals surface area contributed by atoms with Crippen LogP contribution in [0.1, 0.15) is 26.3 Å². The van der Waals surface area contributed by atoms with Gasteiger partial charge in [-0.3, -0.25) is 9.59 Å². The molecule has 2 aromatic carbocycles. The van der Waals surface area contributed by atoms with Crippen LogP contribution in [0.5, 0.6) is 0 Å². The van der Waals surface area contributed by atoms with Gasteiger partial charge in [0.15, 0.2) is 11.6 Å². The van der Waals surface area contributed by atoms with Crippen LogP contribution in [0.15, 0.2) is 42.5 Å². The largest absolute Gasteiger partial charge is 0.411 e. The topological polar surface area (TPSA) is 49.9 Å². The molecular weight excluding hydrogens is 423 g/mol. The van der Waals surface area contributed by atoms with Crippen LogP contribution in [-0.4, -0.2) is 60.6 Å².